The maximum atomic E-state index is 13.2. The number of halogens is 2. The van der Waals surface area contributed by atoms with E-state index in [0.717, 1.165) is 4.57 Å². The number of hydrogen-bond acceptors (Lipinski definition) is 4. The van der Waals surface area contributed by atoms with Crippen LogP contribution in [-0.4, -0.2) is 18.5 Å². The van der Waals surface area contributed by atoms with Crippen molar-refractivity contribution in [2.75, 3.05) is 0 Å². The monoisotopic (exact) mass is 420 g/mol. The zero-order valence-electron chi connectivity index (χ0n) is 15.8. The lowest BCUT2D eigenvalue weighted by Crippen LogP contribution is -2.39. The van der Waals surface area contributed by atoms with Crippen molar-refractivity contribution < 1.29 is 4.42 Å². The van der Waals surface area contributed by atoms with Crippen molar-refractivity contribution in [3.05, 3.63) is 66.6 Å². The predicted octanol–water partition coefficient (Wildman–Crippen LogP) is 3.59. The number of imidazole rings is 1. The molecule has 0 unspecified atom stereocenters. The molecule has 9 heteroatoms. The molecule has 0 saturated carbocycles. The second kappa shape index (κ2) is 6.25. The van der Waals surface area contributed by atoms with Crippen molar-refractivity contribution in [3.8, 4) is 0 Å². The zero-order chi connectivity index (χ0) is 20.4. The first-order chi connectivity index (χ1) is 13.1. The maximum Gasteiger partial charge on any atom is 0.332 e. The van der Waals surface area contributed by atoms with Gasteiger partial charge in [-0.2, -0.15) is 4.98 Å². The predicted molar refractivity (Wildman–Crippen MR) is 109 cm³/mol. The Bertz CT molecular complexity index is 1350. The van der Waals surface area contributed by atoms with E-state index >= 15 is 0 Å². The lowest BCUT2D eigenvalue weighted by atomic mass is 9.94. The fourth-order valence-electron chi connectivity index (χ4n) is 3.06. The van der Waals surface area contributed by atoms with E-state index in [2.05, 4.69) is 4.98 Å². The number of aromatic nitrogens is 4. The Balaban J connectivity index is 1.97. The smallest absolute Gasteiger partial charge is 0.332 e. The first-order valence-corrected chi connectivity index (χ1v) is 9.39. The molecule has 0 saturated heterocycles. The molecular formula is C19H18Cl2N4O3. The van der Waals surface area contributed by atoms with Gasteiger partial charge in [0.2, 0.25) is 0 Å². The van der Waals surface area contributed by atoms with Crippen LogP contribution < -0.4 is 11.2 Å². The Morgan fingerprint density at radius 2 is 1.86 bits per heavy atom. The fraction of sp³-hybridized carbons (Fsp3) is 0.316. The molecule has 0 spiro atoms. The van der Waals surface area contributed by atoms with Gasteiger partial charge in [0.25, 0.3) is 5.56 Å². The molecule has 146 valence electrons. The number of nitrogens with zero attached hydrogens (tertiary/aromatic N) is 4. The number of oxazole rings is 1. The first kappa shape index (κ1) is 18.8. The molecule has 3 heterocycles. The molecule has 0 bridgehead atoms. The summed E-state index contributed by atoms with van der Waals surface area (Å²) in [5.41, 5.74) is 0.0952. The maximum absolute atomic E-state index is 13.2. The van der Waals surface area contributed by atoms with Gasteiger partial charge in [0, 0.05) is 12.5 Å². The Hall–Kier alpha value is -2.51. The Kier molecular flexibility index (Phi) is 4.21. The van der Waals surface area contributed by atoms with Crippen LogP contribution in [0.3, 0.4) is 0 Å². The summed E-state index contributed by atoms with van der Waals surface area (Å²) in [5.74, 6) is 0.973. The van der Waals surface area contributed by atoms with Crippen molar-refractivity contribution in [1.82, 2.24) is 18.5 Å². The highest BCUT2D eigenvalue weighted by Gasteiger charge is 2.24. The van der Waals surface area contributed by atoms with Crippen LogP contribution in [0.1, 0.15) is 32.1 Å². The summed E-state index contributed by atoms with van der Waals surface area (Å²) in [6, 6.07) is 5.00. The number of aryl methyl sites for hydroxylation is 1. The van der Waals surface area contributed by atoms with Gasteiger partial charge in [0.1, 0.15) is 5.76 Å². The molecule has 0 N–H and O–H groups in total. The number of hydrogen-bond donors (Lipinski definition) is 0. The highest BCUT2D eigenvalue weighted by molar-refractivity contribution is 6.42. The molecule has 4 aromatic rings. The quantitative estimate of drug-likeness (QED) is 0.496. The molecule has 0 radical (unpaired) electrons. The van der Waals surface area contributed by atoms with E-state index in [1.54, 1.807) is 35.8 Å². The van der Waals surface area contributed by atoms with Crippen LogP contribution in [0.4, 0.5) is 0 Å². The van der Waals surface area contributed by atoms with Gasteiger partial charge in [0.15, 0.2) is 11.2 Å². The zero-order valence-corrected chi connectivity index (χ0v) is 17.3. The summed E-state index contributed by atoms with van der Waals surface area (Å²) in [6.07, 6.45) is 1.75. The molecule has 0 fully saturated rings. The van der Waals surface area contributed by atoms with E-state index in [1.165, 1.54) is 4.57 Å². The third-order valence-electron chi connectivity index (χ3n) is 4.66. The topological polar surface area (TPSA) is 74.4 Å². The van der Waals surface area contributed by atoms with Crippen LogP contribution in [0.25, 0.3) is 17.0 Å². The molecule has 3 aromatic heterocycles. The normalized spacial score (nSPS) is 12.4. The molecule has 1 aromatic carbocycles. The number of rotatable bonds is 2. The lowest BCUT2D eigenvalue weighted by Gasteiger charge is -2.13. The van der Waals surface area contributed by atoms with E-state index in [4.69, 9.17) is 27.6 Å². The van der Waals surface area contributed by atoms with E-state index in [0.29, 0.717) is 21.4 Å². The molecule has 0 aliphatic rings. The molecule has 4 rings (SSSR count). The van der Waals surface area contributed by atoms with Crippen molar-refractivity contribution in [3.63, 3.8) is 0 Å². The van der Waals surface area contributed by atoms with E-state index in [9.17, 15) is 9.59 Å². The first-order valence-electron chi connectivity index (χ1n) is 8.64. The Morgan fingerprint density at radius 3 is 2.50 bits per heavy atom. The number of fused-ring (bicyclic) bond motifs is 3. The summed E-state index contributed by atoms with van der Waals surface area (Å²) in [4.78, 5) is 30.3. The van der Waals surface area contributed by atoms with Crippen molar-refractivity contribution >= 4 is 40.2 Å². The van der Waals surface area contributed by atoms with Gasteiger partial charge in [-0.05, 0) is 17.7 Å². The third kappa shape index (κ3) is 2.86. The Labute approximate surface area is 169 Å². The molecule has 7 nitrogen and oxygen atoms in total. The van der Waals surface area contributed by atoms with Gasteiger partial charge in [-0.3, -0.25) is 18.3 Å². The molecule has 28 heavy (non-hydrogen) atoms. The third-order valence-corrected chi connectivity index (χ3v) is 5.39. The molecule has 0 aliphatic heterocycles. The van der Waals surface area contributed by atoms with Crippen molar-refractivity contribution in [2.24, 2.45) is 7.05 Å². The van der Waals surface area contributed by atoms with Crippen LogP contribution in [-0.2, 0) is 19.0 Å². The fourth-order valence-corrected chi connectivity index (χ4v) is 3.38. The second-order valence-electron chi connectivity index (χ2n) is 7.76. The molecule has 0 aliphatic carbocycles. The lowest BCUT2D eigenvalue weighted by molar-refractivity contribution is 0.425. The van der Waals surface area contributed by atoms with Crippen molar-refractivity contribution in [1.29, 1.82) is 0 Å². The van der Waals surface area contributed by atoms with Gasteiger partial charge in [-0.15, -0.1) is 0 Å². The second-order valence-corrected chi connectivity index (χ2v) is 8.58. The SMILES string of the molecule is Cn1c(=O)n(Cc2ccc(Cl)c(Cl)c2)c(=O)c2c1nc1oc(C(C)(C)C)cn12. The standard InChI is InChI=1S/C19H18Cl2N4O3/c1-19(2,3)13-9-24-14-15(22-17(24)28-13)23(4)18(27)25(16(14)26)8-10-5-6-11(20)12(21)7-10/h5-7,9H,8H2,1-4H3. The van der Waals surface area contributed by atoms with Crippen LogP contribution in [0.5, 0.6) is 0 Å². The summed E-state index contributed by atoms with van der Waals surface area (Å²) in [5, 5.41) is 0.772. The summed E-state index contributed by atoms with van der Waals surface area (Å²) < 4.78 is 9.90. The van der Waals surface area contributed by atoms with Gasteiger partial charge in [-0.25, -0.2) is 4.79 Å². The van der Waals surface area contributed by atoms with Gasteiger partial charge >= 0.3 is 11.5 Å². The molecular weight excluding hydrogens is 403 g/mol. The minimum Gasteiger partial charge on any atom is -0.428 e. The van der Waals surface area contributed by atoms with Crippen LogP contribution >= 0.6 is 23.2 Å². The summed E-state index contributed by atoms with van der Waals surface area (Å²) >= 11 is 12.0. The van der Waals surface area contributed by atoms with Gasteiger partial charge < -0.3 is 4.42 Å². The van der Waals surface area contributed by atoms with E-state index in [1.807, 2.05) is 20.8 Å². The average molecular weight is 421 g/mol. The highest BCUT2D eigenvalue weighted by atomic mass is 35.5. The van der Waals surface area contributed by atoms with Gasteiger partial charge in [-0.1, -0.05) is 50.0 Å². The Morgan fingerprint density at radius 1 is 1.14 bits per heavy atom. The minimum absolute atomic E-state index is 0.0650. The van der Waals surface area contributed by atoms with E-state index < -0.39 is 11.2 Å². The molecule has 0 amide bonds. The van der Waals surface area contributed by atoms with Crippen LogP contribution in [0, 0.1) is 0 Å². The largest absolute Gasteiger partial charge is 0.428 e. The van der Waals surface area contributed by atoms with Crippen LogP contribution in [0.15, 0.2) is 38.4 Å². The van der Waals surface area contributed by atoms with Gasteiger partial charge in [0.05, 0.1) is 22.8 Å². The summed E-state index contributed by atoms with van der Waals surface area (Å²) in [7, 11) is 1.58. The summed E-state index contributed by atoms with van der Waals surface area (Å²) in [6.45, 7) is 6.08. The minimum atomic E-state index is -0.472. The number of benzene rings is 1. The van der Waals surface area contributed by atoms with Crippen LogP contribution in [0.2, 0.25) is 10.0 Å². The molecule has 0 atom stereocenters. The highest BCUT2D eigenvalue weighted by Crippen LogP contribution is 2.26. The average Bonchev–Trinajstić information content (AvgIpc) is 3.17. The van der Waals surface area contributed by atoms with E-state index in [-0.39, 0.29) is 29.0 Å². The van der Waals surface area contributed by atoms with Crippen molar-refractivity contribution in [2.45, 2.75) is 32.7 Å².